The Morgan fingerprint density at radius 2 is 2.31 bits per heavy atom. The van der Waals surface area contributed by atoms with Crippen molar-refractivity contribution >= 4 is 5.91 Å². The van der Waals surface area contributed by atoms with Crippen LogP contribution < -0.4 is 5.73 Å². The molecule has 2 unspecified atom stereocenters. The summed E-state index contributed by atoms with van der Waals surface area (Å²) >= 11 is 0. The van der Waals surface area contributed by atoms with Crippen molar-refractivity contribution in [2.45, 2.75) is 38.3 Å². The second-order valence-electron chi connectivity index (χ2n) is 4.47. The summed E-state index contributed by atoms with van der Waals surface area (Å²) in [6.45, 7) is 1.98. The summed E-state index contributed by atoms with van der Waals surface area (Å²) < 4.78 is 5.47. The molecule has 0 aliphatic carbocycles. The number of amides is 1. The van der Waals surface area contributed by atoms with Crippen molar-refractivity contribution in [3.8, 4) is 0 Å². The van der Waals surface area contributed by atoms with Crippen LogP contribution >= 0.6 is 0 Å². The van der Waals surface area contributed by atoms with Crippen LogP contribution in [0.3, 0.4) is 0 Å². The van der Waals surface area contributed by atoms with E-state index in [1.54, 1.807) is 18.2 Å². The van der Waals surface area contributed by atoms with E-state index in [9.17, 15) is 4.79 Å². The zero-order valence-electron chi connectivity index (χ0n) is 9.77. The second-order valence-corrected chi connectivity index (χ2v) is 4.47. The fraction of sp³-hybridized carbons (Fsp3) is 0.583. The number of aryl methyl sites for hydroxylation is 1. The molecule has 0 bridgehead atoms. The van der Waals surface area contributed by atoms with Gasteiger partial charge in [-0.25, -0.2) is 0 Å². The molecular formula is C12H18N2O2. The minimum atomic E-state index is -0.120. The molecular weight excluding hydrogens is 204 g/mol. The van der Waals surface area contributed by atoms with Gasteiger partial charge in [0.15, 0.2) is 0 Å². The van der Waals surface area contributed by atoms with E-state index in [2.05, 4.69) is 0 Å². The van der Waals surface area contributed by atoms with Crippen molar-refractivity contribution in [1.29, 1.82) is 0 Å². The lowest BCUT2D eigenvalue weighted by molar-refractivity contribution is -0.132. The minimum absolute atomic E-state index is 0.0405. The topological polar surface area (TPSA) is 59.5 Å². The molecule has 1 aliphatic rings. The Morgan fingerprint density at radius 3 is 2.94 bits per heavy atom. The van der Waals surface area contributed by atoms with Crippen LogP contribution in [0.4, 0.5) is 0 Å². The SMILES string of the molecule is Cc1ccoc1C1C(N)CCCC(=O)N1C. The molecule has 1 fully saturated rings. The number of carbonyl (C=O) groups excluding carboxylic acids is 1. The van der Waals surface area contributed by atoms with Crippen molar-refractivity contribution < 1.29 is 9.21 Å². The number of hydrogen-bond donors (Lipinski definition) is 1. The van der Waals surface area contributed by atoms with Crippen LogP contribution in [-0.2, 0) is 4.79 Å². The Hall–Kier alpha value is -1.29. The third kappa shape index (κ3) is 1.85. The van der Waals surface area contributed by atoms with Gasteiger partial charge in [0, 0.05) is 19.5 Å². The van der Waals surface area contributed by atoms with Crippen molar-refractivity contribution in [3.63, 3.8) is 0 Å². The normalized spacial score (nSPS) is 26.9. The molecule has 4 heteroatoms. The molecule has 0 spiro atoms. The predicted molar refractivity (Wildman–Crippen MR) is 60.8 cm³/mol. The van der Waals surface area contributed by atoms with Crippen LogP contribution in [0.2, 0.25) is 0 Å². The highest BCUT2D eigenvalue weighted by Crippen LogP contribution is 2.31. The molecule has 2 atom stereocenters. The minimum Gasteiger partial charge on any atom is -0.467 e. The molecule has 0 aromatic carbocycles. The molecule has 4 nitrogen and oxygen atoms in total. The number of nitrogens with zero attached hydrogens (tertiary/aromatic N) is 1. The fourth-order valence-electron chi connectivity index (χ4n) is 2.32. The zero-order chi connectivity index (χ0) is 11.7. The Balaban J connectivity index is 2.35. The van der Waals surface area contributed by atoms with Crippen LogP contribution in [0.1, 0.15) is 36.6 Å². The summed E-state index contributed by atoms with van der Waals surface area (Å²) in [5, 5.41) is 0. The van der Waals surface area contributed by atoms with E-state index in [1.807, 2.05) is 13.0 Å². The number of likely N-dealkylation sites (tertiary alicyclic amines) is 1. The quantitative estimate of drug-likeness (QED) is 0.785. The molecule has 2 N–H and O–H groups in total. The van der Waals surface area contributed by atoms with Gasteiger partial charge >= 0.3 is 0 Å². The maximum absolute atomic E-state index is 11.8. The molecule has 0 radical (unpaired) electrons. The number of furan rings is 1. The number of carbonyl (C=O) groups is 1. The zero-order valence-corrected chi connectivity index (χ0v) is 9.77. The van der Waals surface area contributed by atoms with Gasteiger partial charge in [-0.05, 0) is 31.4 Å². The van der Waals surface area contributed by atoms with Crippen LogP contribution in [0.25, 0.3) is 0 Å². The van der Waals surface area contributed by atoms with Gasteiger partial charge in [-0.2, -0.15) is 0 Å². The first kappa shape index (κ1) is 11.2. The van der Waals surface area contributed by atoms with Gasteiger partial charge in [0.2, 0.25) is 5.91 Å². The van der Waals surface area contributed by atoms with Gasteiger partial charge in [-0.3, -0.25) is 4.79 Å². The second kappa shape index (κ2) is 4.29. The highest BCUT2D eigenvalue weighted by molar-refractivity contribution is 5.76. The summed E-state index contributed by atoms with van der Waals surface area (Å²) in [4.78, 5) is 13.5. The largest absolute Gasteiger partial charge is 0.467 e. The van der Waals surface area contributed by atoms with E-state index in [0.29, 0.717) is 6.42 Å². The first-order valence-electron chi connectivity index (χ1n) is 5.66. The fourth-order valence-corrected chi connectivity index (χ4v) is 2.32. The average molecular weight is 222 g/mol. The summed E-state index contributed by atoms with van der Waals surface area (Å²) in [5.41, 5.74) is 7.20. The van der Waals surface area contributed by atoms with E-state index in [1.165, 1.54) is 0 Å². The van der Waals surface area contributed by atoms with Gasteiger partial charge in [0.1, 0.15) is 11.8 Å². The van der Waals surface area contributed by atoms with Crippen LogP contribution in [0.5, 0.6) is 0 Å². The first-order chi connectivity index (χ1) is 7.61. The molecule has 1 aliphatic heterocycles. The number of nitrogens with two attached hydrogens (primary N) is 1. The van der Waals surface area contributed by atoms with E-state index in [-0.39, 0.29) is 18.0 Å². The monoisotopic (exact) mass is 222 g/mol. The lowest BCUT2D eigenvalue weighted by atomic mass is 10.00. The van der Waals surface area contributed by atoms with E-state index in [0.717, 1.165) is 24.2 Å². The van der Waals surface area contributed by atoms with Crippen molar-refractivity contribution in [2.75, 3.05) is 7.05 Å². The summed E-state index contributed by atoms with van der Waals surface area (Å²) in [7, 11) is 1.81. The van der Waals surface area contributed by atoms with Crippen LogP contribution in [0, 0.1) is 6.92 Å². The van der Waals surface area contributed by atoms with E-state index < -0.39 is 0 Å². The van der Waals surface area contributed by atoms with E-state index >= 15 is 0 Å². The molecule has 16 heavy (non-hydrogen) atoms. The molecule has 1 amide bonds. The van der Waals surface area contributed by atoms with Crippen molar-refractivity contribution in [1.82, 2.24) is 4.90 Å². The smallest absolute Gasteiger partial charge is 0.222 e. The predicted octanol–water partition coefficient (Wildman–Crippen LogP) is 1.60. The molecule has 1 aromatic heterocycles. The average Bonchev–Trinajstić information content (AvgIpc) is 2.60. The standard InChI is InChI=1S/C12H18N2O2/c1-8-6-7-16-12(8)11-9(13)4-3-5-10(15)14(11)2/h6-7,9,11H,3-5,13H2,1-2H3. The van der Waals surface area contributed by atoms with Crippen LogP contribution in [0.15, 0.2) is 16.7 Å². The van der Waals surface area contributed by atoms with Gasteiger partial charge in [0.25, 0.3) is 0 Å². The summed E-state index contributed by atoms with van der Waals surface area (Å²) in [5.74, 6) is 0.971. The van der Waals surface area contributed by atoms with Crippen molar-refractivity contribution in [2.24, 2.45) is 5.73 Å². The molecule has 1 saturated heterocycles. The third-order valence-corrected chi connectivity index (χ3v) is 3.31. The van der Waals surface area contributed by atoms with Crippen LogP contribution in [-0.4, -0.2) is 23.9 Å². The number of hydrogen-bond acceptors (Lipinski definition) is 3. The Labute approximate surface area is 95.4 Å². The third-order valence-electron chi connectivity index (χ3n) is 3.31. The molecule has 2 rings (SSSR count). The summed E-state index contributed by atoms with van der Waals surface area (Å²) in [6.07, 6.45) is 3.96. The van der Waals surface area contributed by atoms with Crippen molar-refractivity contribution in [3.05, 3.63) is 23.7 Å². The Kier molecular flexibility index (Phi) is 3.01. The maximum atomic E-state index is 11.8. The first-order valence-corrected chi connectivity index (χ1v) is 5.66. The molecule has 1 aromatic rings. The summed E-state index contributed by atoms with van der Waals surface area (Å²) in [6, 6.07) is 1.75. The van der Waals surface area contributed by atoms with Gasteiger partial charge < -0.3 is 15.1 Å². The Morgan fingerprint density at radius 1 is 1.56 bits per heavy atom. The number of likely N-dealkylation sites (N-methyl/N-ethyl adjacent to an activating group) is 1. The highest BCUT2D eigenvalue weighted by Gasteiger charge is 2.33. The molecule has 2 heterocycles. The molecule has 0 saturated carbocycles. The highest BCUT2D eigenvalue weighted by atomic mass is 16.3. The van der Waals surface area contributed by atoms with Gasteiger partial charge in [-0.15, -0.1) is 0 Å². The lowest BCUT2D eigenvalue weighted by Crippen LogP contribution is -2.39. The maximum Gasteiger partial charge on any atom is 0.222 e. The number of rotatable bonds is 1. The Bertz CT molecular complexity index is 386. The van der Waals surface area contributed by atoms with Gasteiger partial charge in [0.05, 0.1) is 6.26 Å². The molecule has 88 valence electrons. The lowest BCUT2D eigenvalue weighted by Gasteiger charge is -2.29. The van der Waals surface area contributed by atoms with E-state index in [4.69, 9.17) is 10.2 Å². The van der Waals surface area contributed by atoms with Gasteiger partial charge in [-0.1, -0.05) is 0 Å².